The molecule has 0 saturated carbocycles. The van der Waals surface area contributed by atoms with Crippen molar-refractivity contribution in [2.45, 2.75) is 13.0 Å². The van der Waals surface area contributed by atoms with Gasteiger partial charge in [0.05, 0.1) is 4.92 Å². The number of nitrogens with one attached hydrogen (secondary N) is 1. The number of nitro benzene ring substituents is 1. The maximum atomic E-state index is 12.6. The summed E-state index contributed by atoms with van der Waals surface area (Å²) in [6.07, 6.45) is 0. The van der Waals surface area contributed by atoms with E-state index in [0.717, 1.165) is 26.2 Å². The minimum Gasteiger partial charge on any atom is -0.378 e. The maximum absolute atomic E-state index is 12.6. The number of anilines is 1. The first kappa shape index (κ1) is 20.0. The van der Waals surface area contributed by atoms with Crippen LogP contribution in [0.3, 0.4) is 0 Å². The van der Waals surface area contributed by atoms with Gasteiger partial charge in [0.25, 0.3) is 5.69 Å². The lowest BCUT2D eigenvalue weighted by Gasteiger charge is -2.36. The van der Waals surface area contributed by atoms with Gasteiger partial charge in [-0.25, -0.2) is 0 Å². The fraction of sp³-hybridized carbons (Fsp3) is 0.381. The lowest BCUT2D eigenvalue weighted by molar-refractivity contribution is -0.384. The van der Waals surface area contributed by atoms with E-state index in [4.69, 9.17) is 0 Å². The standard InChI is InChI=1S/C21H26N4O3/c1-16(24-12-10-23(2)11-13-24)15-22-19-9-8-18(14-20(19)25(27)28)21(26)17-6-4-3-5-7-17/h3-9,14,16,22H,10-13,15H2,1-2H3/t16-/m1/s1. The van der Waals surface area contributed by atoms with Crippen LogP contribution in [0.25, 0.3) is 0 Å². The van der Waals surface area contributed by atoms with E-state index in [0.29, 0.717) is 23.4 Å². The van der Waals surface area contributed by atoms with Gasteiger partial charge in [0.1, 0.15) is 5.69 Å². The SMILES string of the molecule is C[C@H](CNc1ccc(C(=O)c2ccccc2)cc1[N+](=O)[O-])N1CCN(C)CC1. The Kier molecular flexibility index (Phi) is 6.38. The van der Waals surface area contributed by atoms with Crippen LogP contribution < -0.4 is 5.32 Å². The van der Waals surface area contributed by atoms with Crippen molar-refractivity contribution in [2.24, 2.45) is 0 Å². The molecule has 3 rings (SSSR count). The molecule has 28 heavy (non-hydrogen) atoms. The summed E-state index contributed by atoms with van der Waals surface area (Å²) in [5, 5.41) is 14.8. The Morgan fingerprint density at radius 2 is 1.79 bits per heavy atom. The van der Waals surface area contributed by atoms with E-state index in [1.807, 2.05) is 6.07 Å². The molecule has 2 aromatic rings. The minimum atomic E-state index is -0.440. The molecule has 0 amide bonds. The highest BCUT2D eigenvalue weighted by Crippen LogP contribution is 2.27. The molecule has 7 nitrogen and oxygen atoms in total. The first-order chi connectivity index (χ1) is 13.5. The average molecular weight is 382 g/mol. The third kappa shape index (κ3) is 4.74. The Bertz CT molecular complexity index is 833. The molecule has 1 N–H and O–H groups in total. The van der Waals surface area contributed by atoms with E-state index >= 15 is 0 Å². The fourth-order valence-electron chi connectivity index (χ4n) is 3.38. The summed E-state index contributed by atoms with van der Waals surface area (Å²) in [6.45, 7) is 6.77. The van der Waals surface area contributed by atoms with Gasteiger partial charge in [0, 0.05) is 56.0 Å². The number of likely N-dealkylation sites (N-methyl/N-ethyl adjacent to an activating group) is 1. The van der Waals surface area contributed by atoms with Gasteiger partial charge >= 0.3 is 0 Å². The molecule has 0 radical (unpaired) electrons. The Morgan fingerprint density at radius 1 is 1.11 bits per heavy atom. The third-order valence-electron chi connectivity index (χ3n) is 5.24. The second-order valence-corrected chi connectivity index (χ2v) is 7.25. The van der Waals surface area contributed by atoms with E-state index in [1.54, 1.807) is 36.4 Å². The molecule has 0 bridgehead atoms. The van der Waals surface area contributed by atoms with Crippen molar-refractivity contribution in [3.8, 4) is 0 Å². The van der Waals surface area contributed by atoms with E-state index < -0.39 is 4.92 Å². The second kappa shape index (κ2) is 8.95. The highest BCUT2D eigenvalue weighted by molar-refractivity contribution is 6.09. The number of ketones is 1. The summed E-state index contributed by atoms with van der Waals surface area (Å²) in [4.78, 5) is 28.4. The minimum absolute atomic E-state index is 0.0765. The van der Waals surface area contributed by atoms with Crippen LogP contribution in [-0.4, -0.2) is 66.3 Å². The third-order valence-corrected chi connectivity index (χ3v) is 5.24. The van der Waals surface area contributed by atoms with Gasteiger partial charge in [-0.2, -0.15) is 0 Å². The summed E-state index contributed by atoms with van der Waals surface area (Å²) >= 11 is 0. The van der Waals surface area contributed by atoms with Crippen molar-refractivity contribution in [3.63, 3.8) is 0 Å². The summed E-state index contributed by atoms with van der Waals surface area (Å²) < 4.78 is 0. The molecule has 1 atom stereocenters. The number of nitro groups is 1. The lowest BCUT2D eigenvalue weighted by Crippen LogP contribution is -2.49. The Labute approximate surface area is 165 Å². The van der Waals surface area contributed by atoms with Gasteiger partial charge in [-0.1, -0.05) is 30.3 Å². The summed E-state index contributed by atoms with van der Waals surface area (Å²) in [5.74, 6) is -0.221. The van der Waals surface area contributed by atoms with Crippen molar-refractivity contribution in [2.75, 3.05) is 45.1 Å². The van der Waals surface area contributed by atoms with Crippen LogP contribution in [-0.2, 0) is 0 Å². The largest absolute Gasteiger partial charge is 0.378 e. The summed E-state index contributed by atoms with van der Waals surface area (Å²) in [6, 6.07) is 13.7. The molecule has 0 aromatic heterocycles. The second-order valence-electron chi connectivity index (χ2n) is 7.25. The molecule has 0 aliphatic carbocycles. The van der Waals surface area contributed by atoms with Crippen molar-refractivity contribution < 1.29 is 9.72 Å². The van der Waals surface area contributed by atoms with Gasteiger partial charge in [0.2, 0.25) is 0 Å². The van der Waals surface area contributed by atoms with Gasteiger partial charge in [-0.05, 0) is 26.1 Å². The smallest absolute Gasteiger partial charge is 0.293 e. The lowest BCUT2D eigenvalue weighted by atomic mass is 10.0. The van der Waals surface area contributed by atoms with E-state index in [9.17, 15) is 14.9 Å². The van der Waals surface area contributed by atoms with Gasteiger partial charge in [-0.15, -0.1) is 0 Å². The quantitative estimate of drug-likeness (QED) is 0.451. The van der Waals surface area contributed by atoms with Crippen molar-refractivity contribution >= 4 is 17.2 Å². The first-order valence-corrected chi connectivity index (χ1v) is 9.50. The van der Waals surface area contributed by atoms with Crippen LogP contribution in [0.5, 0.6) is 0 Å². The molecule has 1 fully saturated rings. The van der Waals surface area contributed by atoms with Gasteiger partial charge in [0.15, 0.2) is 5.78 Å². The molecular formula is C21H26N4O3. The number of nitrogens with zero attached hydrogens (tertiary/aromatic N) is 3. The number of piperazine rings is 1. The molecule has 1 aliphatic heterocycles. The number of benzene rings is 2. The van der Waals surface area contributed by atoms with Gasteiger partial charge in [-0.3, -0.25) is 19.8 Å². The van der Waals surface area contributed by atoms with Crippen molar-refractivity contribution in [1.29, 1.82) is 0 Å². The highest BCUT2D eigenvalue weighted by atomic mass is 16.6. The molecule has 1 aliphatic rings. The van der Waals surface area contributed by atoms with Crippen molar-refractivity contribution in [3.05, 3.63) is 69.8 Å². The number of hydrogen-bond donors (Lipinski definition) is 1. The van der Waals surface area contributed by atoms with Crippen LogP contribution in [0, 0.1) is 10.1 Å². The normalized spacial score (nSPS) is 16.5. The summed E-state index contributed by atoms with van der Waals surface area (Å²) in [7, 11) is 2.11. The number of carbonyl (C=O) groups is 1. The monoisotopic (exact) mass is 382 g/mol. The summed E-state index contributed by atoms with van der Waals surface area (Å²) in [5.41, 5.74) is 1.19. The molecule has 2 aromatic carbocycles. The highest BCUT2D eigenvalue weighted by Gasteiger charge is 2.22. The number of carbonyl (C=O) groups excluding carboxylic acids is 1. The zero-order valence-corrected chi connectivity index (χ0v) is 16.3. The van der Waals surface area contributed by atoms with Crippen LogP contribution in [0.4, 0.5) is 11.4 Å². The molecular weight excluding hydrogens is 356 g/mol. The Morgan fingerprint density at radius 3 is 2.43 bits per heavy atom. The molecule has 1 heterocycles. The van der Waals surface area contributed by atoms with E-state index in [-0.39, 0.29) is 17.5 Å². The Hall–Kier alpha value is -2.77. The molecule has 7 heteroatoms. The predicted octanol–water partition coefficient (Wildman–Crippen LogP) is 2.87. The number of rotatable bonds is 7. The van der Waals surface area contributed by atoms with E-state index in [1.165, 1.54) is 6.07 Å². The molecule has 1 saturated heterocycles. The van der Waals surface area contributed by atoms with Crippen LogP contribution >= 0.6 is 0 Å². The molecule has 0 spiro atoms. The molecule has 148 valence electrons. The zero-order chi connectivity index (χ0) is 20.1. The topological polar surface area (TPSA) is 78.7 Å². The predicted molar refractivity (Wildman–Crippen MR) is 110 cm³/mol. The average Bonchev–Trinajstić information content (AvgIpc) is 2.72. The van der Waals surface area contributed by atoms with Gasteiger partial charge < -0.3 is 10.2 Å². The van der Waals surface area contributed by atoms with E-state index in [2.05, 4.69) is 29.1 Å². The zero-order valence-electron chi connectivity index (χ0n) is 16.3. The first-order valence-electron chi connectivity index (χ1n) is 9.50. The Balaban J connectivity index is 1.71. The number of hydrogen-bond acceptors (Lipinski definition) is 6. The maximum Gasteiger partial charge on any atom is 0.293 e. The fourth-order valence-corrected chi connectivity index (χ4v) is 3.38. The molecule has 0 unspecified atom stereocenters. The van der Waals surface area contributed by atoms with Crippen molar-refractivity contribution in [1.82, 2.24) is 9.80 Å². The van der Waals surface area contributed by atoms with Crippen LogP contribution in [0.1, 0.15) is 22.8 Å². The van der Waals surface area contributed by atoms with Crippen LogP contribution in [0.2, 0.25) is 0 Å². The van der Waals surface area contributed by atoms with Crippen LogP contribution in [0.15, 0.2) is 48.5 Å².